The predicted octanol–water partition coefficient (Wildman–Crippen LogP) is 3.68. The zero-order chi connectivity index (χ0) is 17.6. The van der Waals surface area contributed by atoms with Crippen molar-refractivity contribution in [2.45, 2.75) is 51.7 Å². The van der Waals surface area contributed by atoms with Crippen LogP contribution in [0, 0.1) is 0 Å². The predicted molar refractivity (Wildman–Crippen MR) is 97.2 cm³/mol. The number of rotatable bonds is 6. The molecule has 1 aromatic heterocycles. The fraction of sp³-hybridized carbons (Fsp3) is 0.421. The SMILES string of the molecule is CC(C)Oc1ccc(Nc2cnc(C(=O)NC3CCCC3)cn2)cc1. The monoisotopic (exact) mass is 340 g/mol. The molecule has 1 amide bonds. The summed E-state index contributed by atoms with van der Waals surface area (Å²) in [7, 11) is 0. The molecule has 0 unspecified atom stereocenters. The number of hydrogen-bond donors (Lipinski definition) is 2. The minimum absolute atomic E-state index is 0.146. The molecule has 0 bridgehead atoms. The van der Waals surface area contributed by atoms with Gasteiger partial charge in [-0.2, -0.15) is 0 Å². The second kappa shape index (κ2) is 7.96. The third-order valence-corrected chi connectivity index (χ3v) is 4.07. The summed E-state index contributed by atoms with van der Waals surface area (Å²) in [5.41, 5.74) is 1.23. The Hall–Kier alpha value is -2.63. The Kier molecular flexibility index (Phi) is 5.48. The van der Waals surface area contributed by atoms with Crippen molar-refractivity contribution in [2.75, 3.05) is 5.32 Å². The van der Waals surface area contributed by atoms with Crippen molar-refractivity contribution < 1.29 is 9.53 Å². The lowest BCUT2D eigenvalue weighted by atomic mass is 10.2. The molecule has 1 fully saturated rings. The van der Waals surface area contributed by atoms with Crippen molar-refractivity contribution in [3.63, 3.8) is 0 Å². The molecule has 1 heterocycles. The highest BCUT2D eigenvalue weighted by molar-refractivity contribution is 5.92. The van der Waals surface area contributed by atoms with Gasteiger partial charge >= 0.3 is 0 Å². The fourth-order valence-electron chi connectivity index (χ4n) is 2.88. The number of anilines is 2. The van der Waals surface area contributed by atoms with E-state index < -0.39 is 0 Å². The maximum atomic E-state index is 12.1. The molecule has 6 heteroatoms. The largest absolute Gasteiger partial charge is 0.491 e. The van der Waals surface area contributed by atoms with Crippen LogP contribution in [0.3, 0.4) is 0 Å². The first-order valence-electron chi connectivity index (χ1n) is 8.77. The van der Waals surface area contributed by atoms with Crippen molar-refractivity contribution in [1.29, 1.82) is 0 Å². The van der Waals surface area contributed by atoms with Gasteiger partial charge in [-0.15, -0.1) is 0 Å². The van der Waals surface area contributed by atoms with Crippen molar-refractivity contribution in [2.24, 2.45) is 0 Å². The highest BCUT2D eigenvalue weighted by Gasteiger charge is 2.18. The molecular weight excluding hydrogens is 316 g/mol. The molecule has 1 aliphatic carbocycles. The van der Waals surface area contributed by atoms with E-state index in [-0.39, 0.29) is 18.1 Å². The maximum absolute atomic E-state index is 12.1. The van der Waals surface area contributed by atoms with Crippen LogP contribution in [0.15, 0.2) is 36.7 Å². The average Bonchev–Trinajstić information content (AvgIpc) is 3.10. The molecule has 25 heavy (non-hydrogen) atoms. The molecule has 0 spiro atoms. The van der Waals surface area contributed by atoms with Crippen LogP contribution >= 0.6 is 0 Å². The summed E-state index contributed by atoms with van der Waals surface area (Å²) in [5, 5.41) is 6.17. The number of carbonyl (C=O) groups is 1. The number of aromatic nitrogens is 2. The highest BCUT2D eigenvalue weighted by atomic mass is 16.5. The molecule has 0 saturated heterocycles. The summed E-state index contributed by atoms with van der Waals surface area (Å²) in [6.07, 6.45) is 7.68. The van der Waals surface area contributed by atoms with Gasteiger partial charge in [-0.1, -0.05) is 12.8 Å². The third-order valence-electron chi connectivity index (χ3n) is 4.07. The van der Waals surface area contributed by atoms with Crippen LogP contribution in [0.1, 0.15) is 50.0 Å². The quantitative estimate of drug-likeness (QED) is 0.839. The number of benzene rings is 1. The van der Waals surface area contributed by atoms with Gasteiger partial charge in [-0.3, -0.25) is 4.79 Å². The van der Waals surface area contributed by atoms with Crippen LogP contribution in [-0.4, -0.2) is 28.0 Å². The van der Waals surface area contributed by atoms with E-state index in [0.29, 0.717) is 11.5 Å². The van der Waals surface area contributed by atoms with Crippen LogP contribution in [0.4, 0.5) is 11.5 Å². The number of nitrogens with zero attached hydrogens (tertiary/aromatic N) is 2. The molecule has 6 nitrogen and oxygen atoms in total. The number of ether oxygens (including phenoxy) is 1. The Labute approximate surface area is 148 Å². The number of nitrogens with one attached hydrogen (secondary N) is 2. The van der Waals surface area contributed by atoms with E-state index in [1.54, 1.807) is 6.20 Å². The van der Waals surface area contributed by atoms with E-state index in [1.807, 2.05) is 38.1 Å². The Balaban J connectivity index is 1.57. The minimum Gasteiger partial charge on any atom is -0.491 e. The molecule has 1 saturated carbocycles. The van der Waals surface area contributed by atoms with Crippen molar-refractivity contribution >= 4 is 17.4 Å². The van der Waals surface area contributed by atoms with Gasteiger partial charge < -0.3 is 15.4 Å². The summed E-state index contributed by atoms with van der Waals surface area (Å²) in [5.74, 6) is 1.27. The van der Waals surface area contributed by atoms with E-state index in [0.717, 1.165) is 24.3 Å². The van der Waals surface area contributed by atoms with Crippen LogP contribution in [-0.2, 0) is 0 Å². The molecule has 1 aromatic carbocycles. The molecular formula is C19H24N4O2. The summed E-state index contributed by atoms with van der Waals surface area (Å²) in [6, 6.07) is 7.91. The fourth-order valence-corrected chi connectivity index (χ4v) is 2.88. The molecule has 1 aliphatic rings. The second-order valence-electron chi connectivity index (χ2n) is 6.56. The van der Waals surface area contributed by atoms with Gasteiger partial charge in [0.25, 0.3) is 5.91 Å². The first kappa shape index (κ1) is 17.2. The molecule has 2 aromatic rings. The van der Waals surface area contributed by atoms with Gasteiger partial charge in [-0.05, 0) is 51.0 Å². The van der Waals surface area contributed by atoms with Gasteiger partial charge in [0.1, 0.15) is 17.3 Å². The second-order valence-corrected chi connectivity index (χ2v) is 6.56. The summed E-state index contributed by atoms with van der Waals surface area (Å²) < 4.78 is 5.62. The summed E-state index contributed by atoms with van der Waals surface area (Å²) in [6.45, 7) is 3.98. The molecule has 0 atom stereocenters. The number of hydrogen-bond acceptors (Lipinski definition) is 5. The first-order chi connectivity index (χ1) is 12.1. The Bertz CT molecular complexity index is 692. The van der Waals surface area contributed by atoms with Gasteiger partial charge in [-0.25, -0.2) is 9.97 Å². The highest BCUT2D eigenvalue weighted by Crippen LogP contribution is 2.20. The van der Waals surface area contributed by atoms with E-state index in [1.165, 1.54) is 19.0 Å². The normalized spacial score (nSPS) is 14.5. The molecule has 0 aliphatic heterocycles. The van der Waals surface area contributed by atoms with Crippen LogP contribution in [0.5, 0.6) is 5.75 Å². The minimum atomic E-state index is -0.152. The van der Waals surface area contributed by atoms with E-state index in [9.17, 15) is 4.79 Å². The van der Waals surface area contributed by atoms with Crippen molar-refractivity contribution in [3.8, 4) is 5.75 Å². The smallest absolute Gasteiger partial charge is 0.271 e. The zero-order valence-electron chi connectivity index (χ0n) is 14.7. The van der Waals surface area contributed by atoms with Crippen LogP contribution in [0.25, 0.3) is 0 Å². The van der Waals surface area contributed by atoms with Gasteiger partial charge in [0.15, 0.2) is 0 Å². The van der Waals surface area contributed by atoms with E-state index in [4.69, 9.17) is 4.74 Å². The average molecular weight is 340 g/mol. The topological polar surface area (TPSA) is 76.1 Å². The van der Waals surface area contributed by atoms with E-state index >= 15 is 0 Å². The van der Waals surface area contributed by atoms with Gasteiger partial charge in [0.05, 0.1) is 18.5 Å². The lowest BCUT2D eigenvalue weighted by molar-refractivity contribution is 0.0932. The Morgan fingerprint density at radius 1 is 1.12 bits per heavy atom. The Morgan fingerprint density at radius 2 is 1.84 bits per heavy atom. The molecule has 132 valence electrons. The third kappa shape index (κ3) is 4.92. The maximum Gasteiger partial charge on any atom is 0.271 e. The van der Waals surface area contributed by atoms with Crippen LogP contribution in [0.2, 0.25) is 0 Å². The van der Waals surface area contributed by atoms with Crippen LogP contribution < -0.4 is 15.4 Å². The first-order valence-corrected chi connectivity index (χ1v) is 8.77. The van der Waals surface area contributed by atoms with Gasteiger partial charge in [0.2, 0.25) is 0 Å². The summed E-state index contributed by atoms with van der Waals surface area (Å²) in [4.78, 5) is 20.6. The molecule has 0 radical (unpaired) electrons. The lowest BCUT2D eigenvalue weighted by Gasteiger charge is -2.12. The van der Waals surface area contributed by atoms with E-state index in [2.05, 4.69) is 20.6 Å². The zero-order valence-corrected chi connectivity index (χ0v) is 14.7. The Morgan fingerprint density at radius 3 is 2.44 bits per heavy atom. The number of carbonyl (C=O) groups excluding carboxylic acids is 1. The molecule has 2 N–H and O–H groups in total. The van der Waals surface area contributed by atoms with Gasteiger partial charge in [0, 0.05) is 11.7 Å². The molecule has 3 rings (SSSR count). The summed E-state index contributed by atoms with van der Waals surface area (Å²) >= 11 is 0. The van der Waals surface area contributed by atoms with Crippen molar-refractivity contribution in [3.05, 3.63) is 42.4 Å². The lowest BCUT2D eigenvalue weighted by Crippen LogP contribution is -2.33. The van der Waals surface area contributed by atoms with Crippen molar-refractivity contribution in [1.82, 2.24) is 15.3 Å². The standard InChI is InChI=1S/C19H24N4O2/c1-13(2)25-16-9-7-15(8-10-16)22-18-12-20-17(11-21-18)19(24)23-14-5-3-4-6-14/h7-14H,3-6H2,1-2H3,(H,21,22)(H,23,24). The number of amides is 1.